The third kappa shape index (κ3) is 34.2. The maximum absolute atomic E-state index is 12.6. The molecule has 28 heteroatoms. The van der Waals surface area contributed by atoms with Gasteiger partial charge in [-0.2, -0.15) is 5.21 Å². The number of unbranched alkanes of at least 4 members (excludes halogenated alkanes) is 1. The third-order valence-electron chi connectivity index (χ3n) is 10.2. The van der Waals surface area contributed by atoms with Crippen molar-refractivity contribution in [2.45, 2.75) is 122 Å². The number of carbonyl (C=O) groups is 10. The van der Waals surface area contributed by atoms with E-state index in [1.807, 2.05) is 4.72 Å². The van der Waals surface area contributed by atoms with Crippen LogP contribution in [0.4, 0.5) is 0 Å². The first kappa shape index (κ1) is 63.2. The molecule has 0 spiro atoms. The number of carboxylic acids is 3. The van der Waals surface area contributed by atoms with Crippen molar-refractivity contribution in [2.24, 2.45) is 11.8 Å². The minimum absolute atomic E-state index is 0.0234. The summed E-state index contributed by atoms with van der Waals surface area (Å²) in [7, 11) is -3.93. The first-order valence-electron chi connectivity index (χ1n) is 23.4. The summed E-state index contributed by atoms with van der Waals surface area (Å²) in [6, 6.07) is -1.10. The lowest BCUT2D eigenvalue weighted by molar-refractivity contribution is -0.146. The second kappa shape index (κ2) is 37.9. The fourth-order valence-corrected chi connectivity index (χ4v) is 7.43. The predicted molar refractivity (Wildman–Crippen MR) is 245 cm³/mol. The van der Waals surface area contributed by atoms with Crippen LogP contribution in [0.2, 0.25) is 0 Å². The molecule has 4 amide bonds. The van der Waals surface area contributed by atoms with Crippen molar-refractivity contribution < 1.29 is 90.6 Å². The molecule has 0 aliphatic heterocycles. The zero-order valence-electron chi connectivity index (χ0n) is 40.2. The molecule has 1 aromatic rings. The maximum atomic E-state index is 12.6. The van der Waals surface area contributed by atoms with Crippen molar-refractivity contribution in [2.75, 3.05) is 71.7 Å². The van der Waals surface area contributed by atoms with E-state index in [9.17, 15) is 71.7 Å². The number of hydrogen-bond acceptors (Lipinski definition) is 19. The standard InChI is InChI=1S/C43H70N8O19S/c1-2-37(55)44-17-4-3-9-35(43(63)64)46-40(58)29-70-24-21-67-19-6-8-32(52)15-13-30(41(59)60)26-33(53)16-14-31(42(61)62)27-34(54)28-69-23-22-68-20-18-45-38(56)12-7-25-71(65,66)49-39(57)11-5-10-36-47-50-51-48-36/h30-31,35H,2-29H2,1H3,(H,44,55)(H,45,56)(H,46,58)(H,49,57)(H,59,60)(H,61,62)(H,63,64)(H,47,48,50,51). The van der Waals surface area contributed by atoms with Gasteiger partial charge in [0.1, 0.15) is 30.8 Å². The highest BCUT2D eigenvalue weighted by molar-refractivity contribution is 7.90. The zero-order chi connectivity index (χ0) is 52.9. The third-order valence-corrected chi connectivity index (χ3v) is 11.6. The summed E-state index contributed by atoms with van der Waals surface area (Å²) in [4.78, 5) is 120. The van der Waals surface area contributed by atoms with Gasteiger partial charge in [0.05, 0.1) is 50.6 Å². The lowest BCUT2D eigenvalue weighted by Gasteiger charge is -2.14. The number of carbonyl (C=O) groups excluding carboxylic acids is 7. The second-order valence-corrected chi connectivity index (χ2v) is 18.1. The number of nitrogens with zero attached hydrogens (tertiary/aromatic N) is 3. The number of aromatic nitrogens is 4. The molecule has 3 atom stereocenters. The molecule has 0 aromatic carbocycles. The highest BCUT2D eigenvalue weighted by atomic mass is 32.2. The number of amides is 4. The number of ketones is 3. The summed E-state index contributed by atoms with van der Waals surface area (Å²) in [5.41, 5.74) is 0. The summed E-state index contributed by atoms with van der Waals surface area (Å²) in [6.45, 7) is 1.76. The Hall–Kier alpha value is -5.84. The Balaban J connectivity index is 2.17. The number of aryl methyl sites for hydroxylation is 1. The number of ether oxygens (including phenoxy) is 4. The molecule has 71 heavy (non-hydrogen) atoms. The number of aliphatic carboxylic acids is 3. The van der Waals surface area contributed by atoms with Gasteiger partial charge in [-0.3, -0.25) is 47.9 Å². The number of nitrogens with one attached hydrogen (secondary N) is 5. The van der Waals surface area contributed by atoms with E-state index < -0.39 is 107 Å². The molecule has 0 saturated carbocycles. The number of tetrazole rings is 1. The fourth-order valence-electron chi connectivity index (χ4n) is 6.36. The number of sulfonamides is 1. The highest BCUT2D eigenvalue weighted by Gasteiger charge is 2.26. The molecule has 1 rings (SSSR count). The monoisotopic (exact) mass is 1030 g/mol. The summed E-state index contributed by atoms with van der Waals surface area (Å²) >= 11 is 0. The Labute approximate surface area is 411 Å². The first-order chi connectivity index (χ1) is 33.8. The average Bonchev–Trinajstić information content (AvgIpc) is 3.83. The molecule has 3 unspecified atom stereocenters. The molecule has 0 radical (unpaired) electrons. The molecule has 8 N–H and O–H groups in total. The van der Waals surface area contributed by atoms with E-state index in [0.717, 1.165) is 0 Å². The van der Waals surface area contributed by atoms with Crippen LogP contribution in [0.1, 0.15) is 115 Å². The number of Topliss-reactive ketones (excluding diaryl/α,β-unsaturated/α-hetero) is 3. The van der Waals surface area contributed by atoms with Gasteiger partial charge in [0, 0.05) is 77.5 Å². The van der Waals surface area contributed by atoms with Crippen LogP contribution < -0.4 is 20.7 Å². The van der Waals surface area contributed by atoms with Gasteiger partial charge in [-0.25, -0.2) is 13.2 Å². The molecule has 0 saturated heterocycles. The van der Waals surface area contributed by atoms with Crippen LogP contribution in [0.5, 0.6) is 0 Å². The molecule has 0 aliphatic carbocycles. The largest absolute Gasteiger partial charge is 0.481 e. The number of hydrogen-bond donors (Lipinski definition) is 8. The molecule has 0 fully saturated rings. The Bertz CT molecular complexity index is 1940. The summed E-state index contributed by atoms with van der Waals surface area (Å²) in [5.74, 6) is -9.42. The van der Waals surface area contributed by atoms with E-state index >= 15 is 0 Å². The summed E-state index contributed by atoms with van der Waals surface area (Å²) in [5, 5.41) is 49.4. The molecule has 0 bridgehead atoms. The quantitative estimate of drug-likeness (QED) is 0.0379. The van der Waals surface area contributed by atoms with Gasteiger partial charge in [0.2, 0.25) is 33.7 Å². The van der Waals surface area contributed by atoms with E-state index in [1.54, 1.807) is 6.92 Å². The van der Waals surface area contributed by atoms with Crippen LogP contribution in [0.25, 0.3) is 0 Å². The normalized spacial score (nSPS) is 12.5. The van der Waals surface area contributed by atoms with Crippen molar-refractivity contribution in [1.82, 2.24) is 41.3 Å². The topological polar surface area (TPSA) is 405 Å². The molecule has 402 valence electrons. The molecule has 1 heterocycles. The molecular weight excluding hydrogens is 965 g/mol. The van der Waals surface area contributed by atoms with Gasteiger partial charge >= 0.3 is 17.9 Å². The van der Waals surface area contributed by atoms with Crippen LogP contribution in [0.15, 0.2) is 0 Å². The van der Waals surface area contributed by atoms with Crippen molar-refractivity contribution in [3.63, 3.8) is 0 Å². The molecular formula is C43H70N8O19S. The van der Waals surface area contributed by atoms with Crippen LogP contribution in [0, 0.1) is 11.8 Å². The Morgan fingerprint density at radius 3 is 1.82 bits per heavy atom. The fraction of sp³-hybridized carbons (Fsp3) is 0.744. The Morgan fingerprint density at radius 2 is 1.18 bits per heavy atom. The number of aromatic amines is 1. The van der Waals surface area contributed by atoms with Gasteiger partial charge in [0.25, 0.3) is 0 Å². The van der Waals surface area contributed by atoms with Crippen LogP contribution >= 0.6 is 0 Å². The highest BCUT2D eigenvalue weighted by Crippen LogP contribution is 2.19. The van der Waals surface area contributed by atoms with Crippen molar-refractivity contribution in [3.8, 4) is 0 Å². The molecule has 27 nitrogen and oxygen atoms in total. The Kier molecular flexibility index (Phi) is 33.7. The van der Waals surface area contributed by atoms with Crippen molar-refractivity contribution in [3.05, 3.63) is 5.82 Å². The van der Waals surface area contributed by atoms with E-state index in [1.165, 1.54) is 0 Å². The van der Waals surface area contributed by atoms with Gasteiger partial charge < -0.3 is 50.2 Å². The average molecular weight is 1040 g/mol. The minimum Gasteiger partial charge on any atom is -0.481 e. The summed E-state index contributed by atoms with van der Waals surface area (Å²) in [6.07, 6.45) is 0.793. The zero-order valence-corrected chi connectivity index (χ0v) is 41.0. The SMILES string of the molecule is CCC(=O)NCCCCC(NC(=O)COCCOCCCC(=O)CCC(CC(=O)CCC(CC(=O)COCCOCCNC(=O)CCCS(=O)(=O)NC(=O)CCCc1nn[nH]n1)C(=O)O)C(=O)O)C(=O)O. The van der Waals surface area contributed by atoms with Crippen LogP contribution in [0.3, 0.4) is 0 Å². The van der Waals surface area contributed by atoms with Crippen LogP contribution in [-0.4, -0.2) is 181 Å². The minimum atomic E-state index is -3.93. The first-order valence-corrected chi connectivity index (χ1v) is 25.1. The summed E-state index contributed by atoms with van der Waals surface area (Å²) < 4.78 is 47.4. The van der Waals surface area contributed by atoms with Crippen LogP contribution in [-0.2, 0) is 83.3 Å². The lowest BCUT2D eigenvalue weighted by Crippen LogP contribution is -2.42. The predicted octanol–water partition coefficient (Wildman–Crippen LogP) is -0.573. The maximum Gasteiger partial charge on any atom is 0.326 e. The Morgan fingerprint density at radius 1 is 0.577 bits per heavy atom. The van der Waals surface area contributed by atoms with Gasteiger partial charge in [0.15, 0.2) is 11.6 Å². The van der Waals surface area contributed by atoms with Gasteiger partial charge in [-0.1, -0.05) is 12.1 Å². The van der Waals surface area contributed by atoms with E-state index in [0.29, 0.717) is 50.9 Å². The second-order valence-electron chi connectivity index (χ2n) is 16.2. The van der Waals surface area contributed by atoms with E-state index in [4.69, 9.17) is 18.9 Å². The lowest BCUT2D eigenvalue weighted by atomic mass is 9.91. The smallest absolute Gasteiger partial charge is 0.326 e. The van der Waals surface area contributed by atoms with E-state index in [2.05, 4.69) is 36.6 Å². The van der Waals surface area contributed by atoms with Gasteiger partial charge in [-0.05, 0) is 51.4 Å². The molecule has 1 aromatic heterocycles. The van der Waals surface area contributed by atoms with Crippen molar-refractivity contribution >= 4 is 68.9 Å². The number of rotatable bonds is 46. The number of H-pyrrole nitrogens is 1. The number of carboxylic acid groups (broad SMARTS) is 3. The molecule has 0 aliphatic rings. The van der Waals surface area contributed by atoms with E-state index in [-0.39, 0.29) is 116 Å². The van der Waals surface area contributed by atoms with Crippen molar-refractivity contribution in [1.29, 1.82) is 0 Å². The van der Waals surface area contributed by atoms with Gasteiger partial charge in [-0.15, -0.1) is 10.2 Å².